The zero-order valence-electron chi connectivity index (χ0n) is 9.90. The summed E-state index contributed by atoms with van der Waals surface area (Å²) >= 11 is 3.50. The second kappa shape index (κ2) is 5.02. The summed E-state index contributed by atoms with van der Waals surface area (Å²) in [6.07, 6.45) is 0. The third kappa shape index (κ3) is 2.23. The molecule has 1 atom stereocenters. The highest BCUT2D eigenvalue weighted by molar-refractivity contribution is 9.10. The van der Waals surface area contributed by atoms with Gasteiger partial charge in [-0.1, -0.05) is 30.3 Å². The van der Waals surface area contributed by atoms with Crippen molar-refractivity contribution in [3.8, 4) is 5.75 Å². The molecule has 0 amide bonds. The molecule has 2 aromatic rings. The van der Waals surface area contributed by atoms with Crippen LogP contribution in [0.15, 0.2) is 53.0 Å². The molecule has 1 heterocycles. The molecule has 1 aliphatic rings. The zero-order valence-corrected chi connectivity index (χ0v) is 11.5. The molecule has 0 aromatic heterocycles. The molecule has 1 N–H and O–H groups in total. The van der Waals surface area contributed by atoms with Crippen LogP contribution in [0.25, 0.3) is 0 Å². The van der Waals surface area contributed by atoms with Gasteiger partial charge in [-0.15, -0.1) is 0 Å². The number of rotatable bonds is 3. The Balaban J connectivity index is 1.71. The van der Waals surface area contributed by atoms with E-state index in [0.717, 1.165) is 16.8 Å². The van der Waals surface area contributed by atoms with E-state index in [4.69, 9.17) is 4.74 Å². The predicted molar refractivity (Wildman–Crippen MR) is 77.3 cm³/mol. The smallest absolute Gasteiger partial charge is 0.133 e. The third-order valence-electron chi connectivity index (χ3n) is 3.22. The largest absolute Gasteiger partial charge is 0.492 e. The maximum atomic E-state index is 5.89. The lowest BCUT2D eigenvalue weighted by Crippen LogP contribution is -2.12. The highest BCUT2D eigenvalue weighted by Crippen LogP contribution is 2.32. The highest BCUT2D eigenvalue weighted by atomic mass is 79.9. The van der Waals surface area contributed by atoms with Crippen LogP contribution in [0.1, 0.15) is 11.5 Å². The molecule has 92 valence electrons. The molecule has 1 unspecified atom stereocenters. The molecule has 0 bridgehead atoms. The zero-order chi connectivity index (χ0) is 12.4. The van der Waals surface area contributed by atoms with Crippen LogP contribution in [-0.4, -0.2) is 13.2 Å². The van der Waals surface area contributed by atoms with Crippen LogP contribution in [0.5, 0.6) is 5.75 Å². The van der Waals surface area contributed by atoms with Gasteiger partial charge in [0, 0.05) is 18.2 Å². The fourth-order valence-corrected chi connectivity index (χ4v) is 2.66. The number of fused-ring (bicyclic) bond motifs is 1. The minimum absolute atomic E-state index is 0.424. The lowest BCUT2D eigenvalue weighted by Gasteiger charge is -2.13. The summed E-state index contributed by atoms with van der Waals surface area (Å²) in [6, 6.07) is 16.4. The summed E-state index contributed by atoms with van der Waals surface area (Å²) in [5.74, 6) is 1.33. The molecular weight excluding hydrogens is 290 g/mol. The lowest BCUT2D eigenvalue weighted by molar-refractivity contribution is 0.294. The predicted octanol–water partition coefficient (Wildman–Crippen LogP) is 4.04. The summed E-state index contributed by atoms with van der Waals surface area (Å²) in [6.45, 7) is 1.65. The second-order valence-corrected chi connectivity index (χ2v) is 5.26. The van der Waals surface area contributed by atoms with Gasteiger partial charge in [0.1, 0.15) is 5.75 Å². The van der Waals surface area contributed by atoms with E-state index in [9.17, 15) is 0 Å². The molecular formula is C15H14BrNO. The van der Waals surface area contributed by atoms with Crippen LogP contribution in [0.3, 0.4) is 0 Å². The van der Waals surface area contributed by atoms with E-state index in [1.165, 1.54) is 11.3 Å². The Morgan fingerprint density at radius 2 is 1.89 bits per heavy atom. The summed E-state index contributed by atoms with van der Waals surface area (Å²) in [7, 11) is 0. The van der Waals surface area contributed by atoms with E-state index < -0.39 is 0 Å². The van der Waals surface area contributed by atoms with Gasteiger partial charge in [-0.25, -0.2) is 0 Å². The number of anilines is 1. The first-order chi connectivity index (χ1) is 8.84. The van der Waals surface area contributed by atoms with Gasteiger partial charge in [-0.05, 0) is 39.7 Å². The Morgan fingerprint density at radius 3 is 2.78 bits per heavy atom. The first-order valence-electron chi connectivity index (χ1n) is 6.05. The number of halogens is 1. The van der Waals surface area contributed by atoms with Gasteiger partial charge in [0.05, 0.1) is 11.1 Å². The number of hydrogen-bond acceptors (Lipinski definition) is 2. The molecule has 3 heteroatoms. The number of ether oxygens (including phenoxy) is 1. The van der Waals surface area contributed by atoms with Crippen molar-refractivity contribution in [2.45, 2.75) is 5.92 Å². The van der Waals surface area contributed by atoms with E-state index in [-0.39, 0.29) is 0 Å². The molecule has 0 aliphatic carbocycles. The van der Waals surface area contributed by atoms with Gasteiger partial charge in [0.15, 0.2) is 0 Å². The van der Waals surface area contributed by atoms with Crippen molar-refractivity contribution >= 4 is 21.6 Å². The Labute approximate surface area is 115 Å². The minimum Gasteiger partial charge on any atom is -0.492 e. The average molecular weight is 304 g/mol. The minimum atomic E-state index is 0.424. The second-order valence-electron chi connectivity index (χ2n) is 4.41. The van der Waals surface area contributed by atoms with Gasteiger partial charge >= 0.3 is 0 Å². The van der Waals surface area contributed by atoms with Crippen molar-refractivity contribution in [2.75, 3.05) is 18.5 Å². The maximum absolute atomic E-state index is 5.89. The number of nitrogens with one attached hydrogen (secondary N) is 1. The highest BCUT2D eigenvalue weighted by Gasteiger charge is 2.22. The lowest BCUT2D eigenvalue weighted by atomic mass is 10.0. The Hall–Kier alpha value is -1.48. The van der Waals surface area contributed by atoms with Crippen LogP contribution in [0.2, 0.25) is 0 Å². The Morgan fingerprint density at radius 1 is 1.11 bits per heavy atom. The van der Waals surface area contributed by atoms with E-state index >= 15 is 0 Å². The summed E-state index contributed by atoms with van der Waals surface area (Å²) < 4.78 is 6.89. The van der Waals surface area contributed by atoms with Crippen molar-refractivity contribution < 1.29 is 4.74 Å². The number of benzene rings is 2. The molecule has 2 nitrogen and oxygen atoms in total. The first-order valence-corrected chi connectivity index (χ1v) is 6.84. The van der Waals surface area contributed by atoms with Gasteiger partial charge < -0.3 is 10.1 Å². The maximum Gasteiger partial charge on any atom is 0.133 e. The first kappa shape index (κ1) is 11.6. The van der Waals surface area contributed by atoms with Crippen molar-refractivity contribution in [1.82, 2.24) is 0 Å². The van der Waals surface area contributed by atoms with Crippen molar-refractivity contribution in [3.05, 3.63) is 58.6 Å². The van der Waals surface area contributed by atoms with Crippen LogP contribution in [0.4, 0.5) is 5.69 Å². The van der Waals surface area contributed by atoms with Crippen LogP contribution >= 0.6 is 15.9 Å². The van der Waals surface area contributed by atoms with Crippen LogP contribution < -0.4 is 10.1 Å². The third-order valence-corrected chi connectivity index (χ3v) is 3.87. The van der Waals surface area contributed by atoms with Gasteiger partial charge in [-0.2, -0.15) is 0 Å². The molecule has 0 spiro atoms. The normalized spacial score (nSPS) is 17.1. The monoisotopic (exact) mass is 303 g/mol. The molecule has 0 radical (unpaired) electrons. The summed E-state index contributed by atoms with van der Waals surface area (Å²) in [4.78, 5) is 0. The summed E-state index contributed by atoms with van der Waals surface area (Å²) in [5, 5.41) is 3.41. The van der Waals surface area contributed by atoms with Gasteiger partial charge in [0.25, 0.3) is 0 Å². The van der Waals surface area contributed by atoms with Crippen molar-refractivity contribution in [1.29, 1.82) is 0 Å². The Bertz CT molecular complexity index is 556. The standard InChI is InChI=1S/C15H14BrNO/c16-13-6-2-4-8-15(13)18-10-11-9-17-14-7-3-1-5-12(11)14/h1-8,11,17H,9-10H2. The van der Waals surface area contributed by atoms with Crippen molar-refractivity contribution in [3.63, 3.8) is 0 Å². The number of hydrogen-bond donors (Lipinski definition) is 1. The molecule has 3 rings (SSSR count). The SMILES string of the molecule is Brc1ccccc1OCC1CNc2ccccc21. The summed E-state index contributed by atoms with van der Waals surface area (Å²) in [5.41, 5.74) is 2.59. The van der Waals surface area contributed by atoms with Gasteiger partial charge in [0.2, 0.25) is 0 Å². The van der Waals surface area contributed by atoms with Crippen molar-refractivity contribution in [2.24, 2.45) is 0 Å². The van der Waals surface area contributed by atoms with E-state index in [1.54, 1.807) is 0 Å². The van der Waals surface area contributed by atoms with Gasteiger partial charge in [-0.3, -0.25) is 0 Å². The quantitative estimate of drug-likeness (QED) is 0.924. The molecule has 0 fully saturated rings. The fourth-order valence-electron chi connectivity index (χ4n) is 2.26. The molecule has 18 heavy (non-hydrogen) atoms. The fraction of sp³-hybridized carbons (Fsp3) is 0.200. The molecule has 0 saturated carbocycles. The topological polar surface area (TPSA) is 21.3 Å². The number of para-hydroxylation sites is 2. The van der Waals surface area contributed by atoms with Crippen LogP contribution in [0, 0.1) is 0 Å². The average Bonchev–Trinajstić information content (AvgIpc) is 2.81. The molecule has 2 aromatic carbocycles. The van der Waals surface area contributed by atoms with Crippen LogP contribution in [-0.2, 0) is 0 Å². The van der Waals surface area contributed by atoms with E-state index in [0.29, 0.717) is 12.5 Å². The van der Waals surface area contributed by atoms with E-state index in [1.807, 2.05) is 24.3 Å². The molecule has 0 saturated heterocycles. The molecule has 1 aliphatic heterocycles. The van der Waals surface area contributed by atoms with E-state index in [2.05, 4.69) is 45.5 Å². The Kier molecular flexibility index (Phi) is 3.24.